The van der Waals surface area contributed by atoms with Gasteiger partial charge in [-0.05, 0) is 49.1 Å². The molecule has 1 amide bonds. The number of benzene rings is 2. The molecule has 20 heavy (non-hydrogen) atoms. The highest BCUT2D eigenvalue weighted by atomic mass is 32.2. The Hall–Kier alpha value is -2.00. The number of carbonyl (C=O) groups excluding carboxylic acids is 1. The highest BCUT2D eigenvalue weighted by Gasteiger charge is 2.04. The molecule has 1 N–H and O–H groups in total. The van der Waals surface area contributed by atoms with Crippen LogP contribution in [0.1, 0.15) is 12.5 Å². The molecule has 102 valence electrons. The molecular weight excluding hydrogens is 266 g/mol. The third kappa shape index (κ3) is 4.28. The molecule has 0 unspecified atom stereocenters. The summed E-state index contributed by atoms with van der Waals surface area (Å²) in [5.41, 5.74) is 2.65. The Morgan fingerprint density at radius 2 is 1.85 bits per heavy atom. The third-order valence-electron chi connectivity index (χ3n) is 2.75. The van der Waals surface area contributed by atoms with E-state index in [1.807, 2.05) is 73.9 Å². The van der Waals surface area contributed by atoms with Gasteiger partial charge in [0.15, 0.2) is 0 Å². The van der Waals surface area contributed by atoms with Gasteiger partial charge in [-0.25, -0.2) is 0 Å². The summed E-state index contributed by atoms with van der Waals surface area (Å²) >= 11 is 1.55. The van der Waals surface area contributed by atoms with Crippen LogP contribution in [-0.2, 0) is 4.79 Å². The maximum Gasteiger partial charge on any atom is 0.251 e. The maximum absolute atomic E-state index is 12.1. The van der Waals surface area contributed by atoms with Crippen molar-refractivity contribution in [1.29, 1.82) is 0 Å². The van der Waals surface area contributed by atoms with Crippen molar-refractivity contribution < 1.29 is 4.79 Å². The van der Waals surface area contributed by atoms with Gasteiger partial charge in [0.25, 0.3) is 5.91 Å². The molecule has 0 saturated heterocycles. The van der Waals surface area contributed by atoms with Crippen molar-refractivity contribution >= 4 is 23.4 Å². The average molecular weight is 283 g/mol. The van der Waals surface area contributed by atoms with E-state index in [9.17, 15) is 4.79 Å². The average Bonchev–Trinajstić information content (AvgIpc) is 2.46. The Labute approximate surface area is 123 Å². The zero-order chi connectivity index (χ0) is 14.4. The van der Waals surface area contributed by atoms with Gasteiger partial charge in [0.05, 0.1) is 0 Å². The monoisotopic (exact) mass is 283 g/mol. The molecule has 2 aromatic rings. The number of anilines is 1. The summed E-state index contributed by atoms with van der Waals surface area (Å²) in [6, 6.07) is 17.8. The lowest BCUT2D eigenvalue weighted by Crippen LogP contribution is -2.12. The van der Waals surface area contributed by atoms with E-state index in [0.717, 1.165) is 16.1 Å². The molecular formula is C17H17NOS. The Morgan fingerprint density at radius 3 is 2.55 bits per heavy atom. The van der Waals surface area contributed by atoms with Crippen molar-refractivity contribution in [3.05, 3.63) is 71.1 Å². The summed E-state index contributed by atoms with van der Waals surface area (Å²) in [5.74, 6) is -0.0703. The predicted molar refractivity (Wildman–Crippen MR) is 85.9 cm³/mol. The van der Waals surface area contributed by atoms with Crippen LogP contribution >= 0.6 is 11.8 Å². The number of carbonyl (C=O) groups is 1. The zero-order valence-corrected chi connectivity index (χ0v) is 12.4. The van der Waals surface area contributed by atoms with Gasteiger partial charge < -0.3 is 5.32 Å². The fourth-order valence-corrected chi connectivity index (χ4v) is 2.40. The van der Waals surface area contributed by atoms with Crippen LogP contribution in [0, 0.1) is 6.92 Å². The van der Waals surface area contributed by atoms with E-state index >= 15 is 0 Å². The normalized spacial score (nSPS) is 11.2. The Morgan fingerprint density at radius 1 is 1.10 bits per heavy atom. The van der Waals surface area contributed by atoms with Crippen molar-refractivity contribution in [1.82, 2.24) is 0 Å². The highest BCUT2D eigenvalue weighted by Crippen LogP contribution is 2.20. The minimum atomic E-state index is -0.0703. The van der Waals surface area contributed by atoms with Crippen molar-refractivity contribution in [2.75, 3.05) is 5.32 Å². The molecule has 0 radical (unpaired) electrons. The van der Waals surface area contributed by atoms with E-state index in [0.29, 0.717) is 5.57 Å². The SMILES string of the molecule is C/C(=C\Sc1ccccc1)C(=O)Nc1cccc(C)c1. The number of rotatable bonds is 4. The van der Waals surface area contributed by atoms with Gasteiger partial charge in [0.1, 0.15) is 0 Å². The topological polar surface area (TPSA) is 29.1 Å². The smallest absolute Gasteiger partial charge is 0.251 e. The lowest BCUT2D eigenvalue weighted by atomic mass is 10.2. The fraction of sp³-hybridized carbons (Fsp3) is 0.118. The van der Waals surface area contributed by atoms with Crippen molar-refractivity contribution in [2.24, 2.45) is 0 Å². The summed E-state index contributed by atoms with van der Waals surface area (Å²) in [5, 5.41) is 4.77. The van der Waals surface area contributed by atoms with Crippen LogP contribution in [-0.4, -0.2) is 5.91 Å². The lowest BCUT2D eigenvalue weighted by Gasteiger charge is -2.06. The van der Waals surface area contributed by atoms with Crippen LogP contribution < -0.4 is 5.32 Å². The second-order valence-corrected chi connectivity index (χ2v) is 5.50. The molecule has 0 bridgehead atoms. The van der Waals surface area contributed by atoms with Crippen LogP contribution in [0.15, 0.2) is 70.5 Å². The number of thioether (sulfide) groups is 1. The molecule has 0 fully saturated rings. The van der Waals surface area contributed by atoms with Crippen molar-refractivity contribution in [3.8, 4) is 0 Å². The van der Waals surface area contributed by atoms with E-state index in [1.54, 1.807) is 11.8 Å². The Kier molecular flexibility index (Phi) is 5.02. The first-order valence-corrected chi connectivity index (χ1v) is 7.29. The number of amides is 1. The lowest BCUT2D eigenvalue weighted by molar-refractivity contribution is -0.112. The molecule has 2 rings (SSSR count). The summed E-state index contributed by atoms with van der Waals surface area (Å²) < 4.78 is 0. The molecule has 2 nitrogen and oxygen atoms in total. The maximum atomic E-state index is 12.1. The number of hydrogen-bond donors (Lipinski definition) is 1. The van der Waals surface area contributed by atoms with E-state index in [-0.39, 0.29) is 5.91 Å². The molecule has 0 aliphatic rings. The fourth-order valence-electron chi connectivity index (χ4n) is 1.66. The molecule has 0 saturated carbocycles. The second-order valence-electron chi connectivity index (χ2n) is 4.56. The van der Waals surface area contributed by atoms with Crippen molar-refractivity contribution in [2.45, 2.75) is 18.7 Å². The van der Waals surface area contributed by atoms with Crippen LogP contribution in [0.3, 0.4) is 0 Å². The predicted octanol–water partition coefficient (Wildman–Crippen LogP) is 4.63. The number of nitrogens with one attached hydrogen (secondary N) is 1. The number of aryl methyl sites for hydroxylation is 1. The summed E-state index contributed by atoms with van der Waals surface area (Å²) in [4.78, 5) is 13.2. The van der Waals surface area contributed by atoms with Crippen LogP contribution in [0.4, 0.5) is 5.69 Å². The molecule has 0 aliphatic heterocycles. The molecule has 0 heterocycles. The van der Waals surface area contributed by atoms with Crippen LogP contribution in [0.25, 0.3) is 0 Å². The van der Waals surface area contributed by atoms with Gasteiger partial charge in [0.2, 0.25) is 0 Å². The van der Waals surface area contributed by atoms with Crippen LogP contribution in [0.2, 0.25) is 0 Å². The summed E-state index contributed by atoms with van der Waals surface area (Å²) in [6.07, 6.45) is 0. The van der Waals surface area contributed by atoms with Gasteiger partial charge in [-0.15, -0.1) is 0 Å². The number of hydrogen-bond acceptors (Lipinski definition) is 2. The molecule has 2 aromatic carbocycles. The quantitative estimate of drug-likeness (QED) is 0.654. The first-order valence-electron chi connectivity index (χ1n) is 6.41. The third-order valence-corrected chi connectivity index (χ3v) is 3.76. The molecule has 0 spiro atoms. The van der Waals surface area contributed by atoms with E-state index in [2.05, 4.69) is 5.32 Å². The minimum absolute atomic E-state index is 0.0703. The van der Waals surface area contributed by atoms with Crippen molar-refractivity contribution in [3.63, 3.8) is 0 Å². The highest BCUT2D eigenvalue weighted by molar-refractivity contribution is 8.02. The largest absolute Gasteiger partial charge is 0.322 e. The summed E-state index contributed by atoms with van der Waals surface area (Å²) in [7, 11) is 0. The van der Waals surface area contributed by atoms with E-state index in [1.165, 1.54) is 0 Å². The van der Waals surface area contributed by atoms with E-state index in [4.69, 9.17) is 0 Å². The Bertz CT molecular complexity index is 620. The van der Waals surface area contributed by atoms with E-state index < -0.39 is 0 Å². The van der Waals surface area contributed by atoms with Gasteiger partial charge in [-0.3, -0.25) is 4.79 Å². The van der Waals surface area contributed by atoms with Gasteiger partial charge in [-0.2, -0.15) is 0 Å². The first-order chi connectivity index (χ1) is 9.65. The first kappa shape index (κ1) is 14.4. The molecule has 0 aliphatic carbocycles. The zero-order valence-electron chi connectivity index (χ0n) is 11.6. The van der Waals surface area contributed by atoms with Crippen LogP contribution in [0.5, 0.6) is 0 Å². The van der Waals surface area contributed by atoms with Gasteiger partial charge >= 0.3 is 0 Å². The molecule has 3 heteroatoms. The Balaban J connectivity index is 1.98. The molecule has 0 atom stereocenters. The van der Waals surface area contributed by atoms with Gasteiger partial charge in [0, 0.05) is 16.2 Å². The minimum Gasteiger partial charge on any atom is -0.322 e. The summed E-state index contributed by atoms with van der Waals surface area (Å²) in [6.45, 7) is 3.82. The second kappa shape index (κ2) is 6.96. The molecule has 0 aromatic heterocycles. The standard InChI is InChI=1S/C17H17NOS/c1-13-7-6-8-15(11-13)18-17(19)14(2)12-20-16-9-4-3-5-10-16/h3-12H,1-2H3,(H,18,19)/b14-12+. The van der Waals surface area contributed by atoms with Gasteiger partial charge in [-0.1, -0.05) is 42.1 Å².